The first-order chi connectivity index (χ1) is 11.2. The second-order valence-corrected chi connectivity index (χ2v) is 8.35. The van der Waals surface area contributed by atoms with E-state index < -0.39 is 0 Å². The molecule has 0 aliphatic heterocycles. The van der Waals surface area contributed by atoms with Gasteiger partial charge in [-0.25, -0.2) is 0 Å². The molecule has 1 aromatic carbocycles. The number of Topliss-reactive ketones (excluding diaryl/α,β-unsaturated/α-hetero) is 1. The maximum atomic E-state index is 11.9. The summed E-state index contributed by atoms with van der Waals surface area (Å²) >= 11 is 0. The number of benzene rings is 1. The summed E-state index contributed by atoms with van der Waals surface area (Å²) in [5.41, 5.74) is 9.19. The van der Waals surface area contributed by atoms with Gasteiger partial charge in [-0.3, -0.25) is 4.79 Å². The number of anilines is 1. The Hall–Kier alpha value is -1.77. The van der Waals surface area contributed by atoms with E-state index in [4.69, 9.17) is 5.73 Å². The van der Waals surface area contributed by atoms with E-state index in [9.17, 15) is 4.79 Å². The zero-order chi connectivity index (χ0) is 17.7. The number of ketones is 1. The van der Waals surface area contributed by atoms with E-state index in [0.717, 1.165) is 36.9 Å². The lowest BCUT2D eigenvalue weighted by Crippen LogP contribution is -2.12. The molecular formula is C21H32N2O. The van der Waals surface area contributed by atoms with Gasteiger partial charge in [0.2, 0.25) is 0 Å². The minimum atomic E-state index is 0.116. The lowest BCUT2D eigenvalue weighted by atomic mass is 9.88. The SMILES string of the molecule is CC(CCCCCC(=O)CC(C)(C)C)c1cc2cc(N)ccc2[nH]1. The summed E-state index contributed by atoms with van der Waals surface area (Å²) < 4.78 is 0. The third-order valence-electron chi connectivity index (χ3n) is 4.52. The number of hydrogen-bond acceptors (Lipinski definition) is 2. The molecule has 0 spiro atoms. The summed E-state index contributed by atoms with van der Waals surface area (Å²) in [5.74, 6) is 0.910. The van der Waals surface area contributed by atoms with Crippen LogP contribution in [0.4, 0.5) is 5.69 Å². The first kappa shape index (κ1) is 18.6. The van der Waals surface area contributed by atoms with E-state index in [1.807, 2.05) is 18.2 Å². The number of nitrogens with two attached hydrogens (primary N) is 1. The first-order valence-electron chi connectivity index (χ1n) is 9.14. The zero-order valence-electron chi connectivity index (χ0n) is 15.6. The van der Waals surface area contributed by atoms with Crippen LogP contribution in [0.3, 0.4) is 0 Å². The van der Waals surface area contributed by atoms with Crippen molar-refractivity contribution in [3.8, 4) is 0 Å². The number of H-pyrrole nitrogens is 1. The van der Waals surface area contributed by atoms with Crippen molar-refractivity contribution >= 4 is 22.4 Å². The zero-order valence-corrected chi connectivity index (χ0v) is 15.6. The van der Waals surface area contributed by atoms with E-state index in [2.05, 4.69) is 38.7 Å². The lowest BCUT2D eigenvalue weighted by Gasteiger charge is -2.16. The van der Waals surface area contributed by atoms with Crippen molar-refractivity contribution in [1.82, 2.24) is 4.98 Å². The maximum Gasteiger partial charge on any atom is 0.133 e. The van der Waals surface area contributed by atoms with Gasteiger partial charge in [-0.15, -0.1) is 0 Å². The van der Waals surface area contributed by atoms with Gasteiger partial charge in [-0.1, -0.05) is 40.5 Å². The number of carbonyl (C=O) groups excluding carboxylic acids is 1. The van der Waals surface area contributed by atoms with Crippen LogP contribution in [0.5, 0.6) is 0 Å². The third-order valence-corrected chi connectivity index (χ3v) is 4.52. The minimum absolute atomic E-state index is 0.116. The van der Waals surface area contributed by atoms with Crippen molar-refractivity contribution in [2.24, 2.45) is 5.41 Å². The fraction of sp³-hybridized carbons (Fsp3) is 0.571. The van der Waals surface area contributed by atoms with Crippen LogP contribution in [0.1, 0.15) is 77.8 Å². The van der Waals surface area contributed by atoms with Gasteiger partial charge in [0.15, 0.2) is 0 Å². The van der Waals surface area contributed by atoms with Crippen molar-refractivity contribution in [2.75, 3.05) is 5.73 Å². The highest BCUT2D eigenvalue weighted by molar-refractivity contribution is 5.83. The standard InChI is InChI=1S/C21H32N2O/c1-15(8-6-5-7-9-18(24)14-21(2,3)4)20-13-16-12-17(22)10-11-19(16)23-20/h10-13,15,23H,5-9,14,22H2,1-4H3. The molecule has 3 N–H and O–H groups in total. The van der Waals surface area contributed by atoms with Gasteiger partial charge in [0.25, 0.3) is 0 Å². The van der Waals surface area contributed by atoms with Crippen LogP contribution < -0.4 is 5.73 Å². The Balaban J connectivity index is 1.73. The Morgan fingerprint density at radius 1 is 1.17 bits per heavy atom. The summed E-state index contributed by atoms with van der Waals surface area (Å²) in [6, 6.07) is 8.20. The molecular weight excluding hydrogens is 296 g/mol. The number of nitrogen functional groups attached to an aromatic ring is 1. The molecule has 0 aliphatic carbocycles. The molecule has 0 fully saturated rings. The highest BCUT2D eigenvalue weighted by Gasteiger charge is 2.15. The van der Waals surface area contributed by atoms with Crippen molar-refractivity contribution in [1.29, 1.82) is 0 Å². The molecule has 0 radical (unpaired) electrons. The molecule has 0 amide bonds. The van der Waals surface area contributed by atoms with Gasteiger partial charge in [0, 0.05) is 35.1 Å². The van der Waals surface area contributed by atoms with E-state index in [0.29, 0.717) is 18.1 Å². The van der Waals surface area contributed by atoms with Gasteiger partial charge in [-0.05, 0) is 48.4 Å². The first-order valence-corrected chi connectivity index (χ1v) is 9.14. The number of hydrogen-bond donors (Lipinski definition) is 2. The molecule has 0 saturated carbocycles. The summed E-state index contributed by atoms with van der Waals surface area (Å²) in [6.07, 6.45) is 5.90. The number of aromatic amines is 1. The van der Waals surface area contributed by atoms with Crippen LogP contribution in [-0.4, -0.2) is 10.8 Å². The number of carbonyl (C=O) groups is 1. The number of fused-ring (bicyclic) bond motifs is 1. The molecule has 1 unspecified atom stereocenters. The summed E-state index contributed by atoms with van der Waals surface area (Å²) in [5, 5.41) is 1.18. The lowest BCUT2D eigenvalue weighted by molar-refractivity contribution is -0.120. The number of nitrogens with one attached hydrogen (secondary N) is 1. The molecule has 1 heterocycles. The Kier molecular flexibility index (Phi) is 6.09. The highest BCUT2D eigenvalue weighted by atomic mass is 16.1. The second-order valence-electron chi connectivity index (χ2n) is 8.35. The number of rotatable bonds is 8. The van der Waals surface area contributed by atoms with Crippen LogP contribution in [0.2, 0.25) is 0 Å². The largest absolute Gasteiger partial charge is 0.399 e. The fourth-order valence-electron chi connectivity index (χ4n) is 3.22. The molecule has 3 heteroatoms. The average molecular weight is 329 g/mol. The molecule has 0 bridgehead atoms. The van der Waals surface area contributed by atoms with Crippen LogP contribution in [0.15, 0.2) is 24.3 Å². The van der Waals surface area contributed by atoms with Gasteiger partial charge in [0.05, 0.1) is 0 Å². The summed E-state index contributed by atoms with van der Waals surface area (Å²) in [7, 11) is 0. The third kappa shape index (κ3) is 5.70. The maximum absolute atomic E-state index is 11.9. The van der Waals surface area contributed by atoms with E-state index >= 15 is 0 Å². The Bertz CT molecular complexity index is 679. The van der Waals surface area contributed by atoms with Crippen LogP contribution >= 0.6 is 0 Å². The monoisotopic (exact) mass is 328 g/mol. The molecule has 24 heavy (non-hydrogen) atoms. The molecule has 0 aliphatic rings. The van der Waals surface area contributed by atoms with Gasteiger partial charge in [0.1, 0.15) is 5.78 Å². The van der Waals surface area contributed by atoms with E-state index in [1.54, 1.807) is 0 Å². The van der Waals surface area contributed by atoms with Crippen LogP contribution in [0, 0.1) is 5.41 Å². The molecule has 1 aromatic heterocycles. The Morgan fingerprint density at radius 3 is 2.62 bits per heavy atom. The predicted octanol–water partition coefficient (Wildman–Crippen LogP) is 5.81. The van der Waals surface area contributed by atoms with E-state index in [-0.39, 0.29) is 5.41 Å². The molecule has 2 rings (SSSR count). The topological polar surface area (TPSA) is 58.9 Å². The Labute approximate surface area is 146 Å². The van der Waals surface area contributed by atoms with Crippen molar-refractivity contribution in [3.05, 3.63) is 30.0 Å². The number of aromatic nitrogens is 1. The minimum Gasteiger partial charge on any atom is -0.399 e. The molecule has 1 atom stereocenters. The fourth-order valence-corrected chi connectivity index (χ4v) is 3.22. The summed E-state index contributed by atoms with van der Waals surface area (Å²) in [6.45, 7) is 8.64. The Morgan fingerprint density at radius 2 is 1.92 bits per heavy atom. The highest BCUT2D eigenvalue weighted by Crippen LogP contribution is 2.27. The quantitative estimate of drug-likeness (QED) is 0.474. The van der Waals surface area contributed by atoms with Crippen molar-refractivity contribution in [3.63, 3.8) is 0 Å². The van der Waals surface area contributed by atoms with Crippen molar-refractivity contribution < 1.29 is 4.79 Å². The van der Waals surface area contributed by atoms with Gasteiger partial charge >= 0.3 is 0 Å². The van der Waals surface area contributed by atoms with Crippen LogP contribution in [-0.2, 0) is 4.79 Å². The van der Waals surface area contributed by atoms with E-state index in [1.165, 1.54) is 17.5 Å². The van der Waals surface area contributed by atoms with Crippen molar-refractivity contribution in [2.45, 2.75) is 72.1 Å². The molecule has 0 saturated heterocycles. The summed E-state index contributed by atoms with van der Waals surface area (Å²) in [4.78, 5) is 15.4. The molecule has 132 valence electrons. The predicted molar refractivity (Wildman–Crippen MR) is 103 cm³/mol. The average Bonchev–Trinajstić information content (AvgIpc) is 2.87. The van der Waals surface area contributed by atoms with Gasteiger partial charge < -0.3 is 10.7 Å². The number of unbranched alkanes of at least 4 members (excludes halogenated alkanes) is 2. The second kappa shape index (κ2) is 7.87. The smallest absolute Gasteiger partial charge is 0.133 e. The van der Waals surface area contributed by atoms with Gasteiger partial charge in [-0.2, -0.15) is 0 Å². The van der Waals surface area contributed by atoms with Crippen LogP contribution in [0.25, 0.3) is 10.9 Å². The molecule has 3 nitrogen and oxygen atoms in total. The normalized spacial score (nSPS) is 13.3. The molecule has 2 aromatic rings.